The van der Waals surface area contributed by atoms with Gasteiger partial charge < -0.3 is 5.32 Å². The predicted octanol–water partition coefficient (Wildman–Crippen LogP) is 3.63. The van der Waals surface area contributed by atoms with Crippen LogP contribution in [-0.2, 0) is 23.1 Å². The number of thiazole rings is 1. The zero-order chi connectivity index (χ0) is 20.9. The summed E-state index contributed by atoms with van der Waals surface area (Å²) in [5.41, 5.74) is 2.68. The van der Waals surface area contributed by atoms with Gasteiger partial charge in [0.15, 0.2) is 0 Å². The number of aromatic nitrogens is 1. The van der Waals surface area contributed by atoms with E-state index in [2.05, 4.69) is 10.3 Å². The molecule has 0 saturated heterocycles. The highest BCUT2D eigenvalue weighted by molar-refractivity contribution is 7.87. The molecule has 0 fully saturated rings. The van der Waals surface area contributed by atoms with E-state index < -0.39 is 10.3 Å². The maximum absolute atomic E-state index is 12.7. The van der Waals surface area contributed by atoms with E-state index in [9.17, 15) is 13.2 Å². The third kappa shape index (κ3) is 6.11. The molecule has 0 aliphatic rings. The van der Waals surface area contributed by atoms with Gasteiger partial charge >= 0.3 is 10.3 Å². The lowest BCUT2D eigenvalue weighted by atomic mass is 10.1. The number of rotatable bonds is 8. The van der Waals surface area contributed by atoms with Crippen LogP contribution in [0.2, 0.25) is 0 Å². The lowest BCUT2D eigenvalue weighted by Crippen LogP contribution is -2.30. The molecule has 1 atom stereocenters. The number of hydrogen-bond acceptors (Lipinski definition) is 5. The Morgan fingerprint density at radius 3 is 2.41 bits per heavy atom. The van der Waals surface area contributed by atoms with Crippen LogP contribution in [0.15, 0.2) is 60.0 Å². The Kier molecular flexibility index (Phi) is 6.63. The van der Waals surface area contributed by atoms with Gasteiger partial charge in [-0.15, -0.1) is 11.3 Å². The number of nitrogens with zero attached hydrogens (tertiary/aromatic N) is 1. The lowest BCUT2D eigenvalue weighted by molar-refractivity contribution is 0.0936. The smallest absolute Gasteiger partial charge is 0.342 e. The summed E-state index contributed by atoms with van der Waals surface area (Å²) < 4.78 is 32.7. The molecule has 3 aromatic rings. The normalized spacial score (nSPS) is 12.3. The molecule has 2 aromatic carbocycles. The van der Waals surface area contributed by atoms with Gasteiger partial charge in [0.25, 0.3) is 5.91 Å². The van der Waals surface area contributed by atoms with Crippen LogP contribution >= 0.6 is 11.3 Å². The fourth-order valence-corrected chi connectivity index (χ4v) is 4.16. The third-order valence-electron chi connectivity index (χ3n) is 4.21. The van der Waals surface area contributed by atoms with Crippen molar-refractivity contribution in [1.82, 2.24) is 10.3 Å². The molecule has 1 unspecified atom stereocenters. The number of aryl methyl sites for hydroxylation is 1. The van der Waals surface area contributed by atoms with Gasteiger partial charge in [-0.3, -0.25) is 14.1 Å². The van der Waals surface area contributed by atoms with Crippen LogP contribution in [0.5, 0.6) is 0 Å². The van der Waals surface area contributed by atoms with Crippen LogP contribution in [0.4, 0.5) is 5.69 Å². The first-order chi connectivity index (χ1) is 13.8. The Bertz CT molecular complexity index is 1060. The molecule has 0 aliphatic carbocycles. The molecule has 9 heteroatoms. The summed E-state index contributed by atoms with van der Waals surface area (Å²) in [5.74, 6) is -0.187. The third-order valence-corrected chi connectivity index (χ3v) is 5.71. The topological polar surface area (TPSA) is 108 Å². The van der Waals surface area contributed by atoms with Crippen molar-refractivity contribution in [3.8, 4) is 0 Å². The van der Waals surface area contributed by atoms with Gasteiger partial charge in [-0.1, -0.05) is 37.3 Å². The van der Waals surface area contributed by atoms with Crippen molar-refractivity contribution >= 4 is 33.2 Å². The molecule has 1 amide bonds. The molecule has 0 saturated carbocycles. The van der Waals surface area contributed by atoms with Crippen molar-refractivity contribution in [1.29, 1.82) is 0 Å². The average Bonchev–Trinajstić information content (AvgIpc) is 3.18. The van der Waals surface area contributed by atoms with Crippen molar-refractivity contribution in [2.45, 2.75) is 25.8 Å². The Morgan fingerprint density at radius 2 is 1.83 bits per heavy atom. The van der Waals surface area contributed by atoms with Gasteiger partial charge in [0.2, 0.25) is 0 Å². The van der Waals surface area contributed by atoms with E-state index in [1.54, 1.807) is 36.4 Å². The van der Waals surface area contributed by atoms with Crippen molar-refractivity contribution in [2.75, 3.05) is 4.72 Å². The highest BCUT2D eigenvalue weighted by Gasteiger charge is 2.20. The van der Waals surface area contributed by atoms with Crippen LogP contribution in [0, 0.1) is 0 Å². The minimum Gasteiger partial charge on any atom is -0.342 e. The van der Waals surface area contributed by atoms with Gasteiger partial charge in [0.05, 0.1) is 17.4 Å². The second kappa shape index (κ2) is 9.17. The van der Waals surface area contributed by atoms with E-state index in [4.69, 9.17) is 4.55 Å². The van der Waals surface area contributed by atoms with Crippen molar-refractivity contribution in [3.63, 3.8) is 0 Å². The van der Waals surface area contributed by atoms with Gasteiger partial charge in [-0.05, 0) is 42.7 Å². The average molecular weight is 432 g/mol. The molecule has 0 spiro atoms. The number of hydrogen-bond donors (Lipinski definition) is 3. The van der Waals surface area contributed by atoms with Gasteiger partial charge in [-0.2, -0.15) is 8.42 Å². The van der Waals surface area contributed by atoms with Gasteiger partial charge in [0, 0.05) is 10.9 Å². The van der Waals surface area contributed by atoms with E-state index in [1.807, 2.05) is 35.2 Å². The largest absolute Gasteiger partial charge is 0.357 e. The first-order valence-corrected chi connectivity index (χ1v) is 11.3. The molecule has 29 heavy (non-hydrogen) atoms. The summed E-state index contributed by atoms with van der Waals surface area (Å²) in [7, 11) is -4.32. The number of anilines is 1. The van der Waals surface area contributed by atoms with Crippen molar-refractivity contribution in [3.05, 3.63) is 81.8 Å². The second-order valence-electron chi connectivity index (χ2n) is 6.40. The van der Waals surface area contributed by atoms with Gasteiger partial charge in [0.1, 0.15) is 5.01 Å². The summed E-state index contributed by atoms with van der Waals surface area (Å²) in [6, 6.07) is 15.2. The molecule has 3 rings (SSSR count). The summed E-state index contributed by atoms with van der Waals surface area (Å²) in [5, 5.41) is 5.84. The van der Waals surface area contributed by atoms with E-state index in [0.717, 1.165) is 22.7 Å². The number of amides is 1. The molecule has 0 bridgehead atoms. The van der Waals surface area contributed by atoms with Crippen molar-refractivity contribution < 1.29 is 17.8 Å². The molecule has 0 aliphatic heterocycles. The van der Waals surface area contributed by atoms with E-state index in [0.29, 0.717) is 12.0 Å². The Balaban J connectivity index is 1.80. The molecule has 7 nitrogen and oxygen atoms in total. The highest BCUT2D eigenvalue weighted by Crippen LogP contribution is 2.24. The fourth-order valence-electron chi connectivity index (χ4n) is 2.77. The Morgan fingerprint density at radius 1 is 1.14 bits per heavy atom. The minimum absolute atomic E-state index is 0.187. The molecular formula is C20H21N3O4S2. The maximum atomic E-state index is 12.7. The monoisotopic (exact) mass is 431 g/mol. The molecular weight excluding hydrogens is 410 g/mol. The first kappa shape index (κ1) is 21.0. The van der Waals surface area contributed by atoms with Crippen LogP contribution in [0.3, 0.4) is 0 Å². The maximum Gasteiger partial charge on any atom is 0.357 e. The van der Waals surface area contributed by atoms with Crippen LogP contribution in [-0.4, -0.2) is 23.9 Å². The number of benzene rings is 2. The number of carbonyl (C=O) groups excluding carboxylic acids is 1. The Hall–Kier alpha value is -2.75. The second-order valence-corrected chi connectivity index (χ2v) is 8.44. The van der Waals surface area contributed by atoms with Crippen molar-refractivity contribution in [2.24, 2.45) is 0 Å². The van der Waals surface area contributed by atoms with Crippen LogP contribution in [0.1, 0.15) is 39.6 Å². The zero-order valence-corrected chi connectivity index (χ0v) is 17.3. The SMILES string of the molecule is CCc1csc(C(Cc2ccc(NS(=O)(=O)O)cc2)NC(=O)c2ccccc2)n1. The summed E-state index contributed by atoms with van der Waals surface area (Å²) in [4.78, 5) is 17.3. The molecule has 3 N–H and O–H groups in total. The standard InChI is InChI=1S/C20H21N3O4S2/c1-2-16-13-28-20(21-16)18(22-19(24)15-6-4-3-5-7-15)12-14-8-10-17(11-9-14)23-29(25,26)27/h3-11,13,18,23H,2,12H2,1H3,(H,22,24)(H,25,26,27). The summed E-state index contributed by atoms with van der Waals surface area (Å²) in [6.07, 6.45) is 1.30. The lowest BCUT2D eigenvalue weighted by Gasteiger charge is -2.17. The summed E-state index contributed by atoms with van der Waals surface area (Å²) in [6.45, 7) is 2.03. The molecule has 1 heterocycles. The number of nitrogens with one attached hydrogen (secondary N) is 2. The van der Waals surface area contributed by atoms with Crippen LogP contribution < -0.4 is 10.0 Å². The highest BCUT2D eigenvalue weighted by atomic mass is 32.2. The van der Waals surface area contributed by atoms with Gasteiger partial charge in [-0.25, -0.2) is 4.98 Å². The number of carbonyl (C=O) groups is 1. The summed E-state index contributed by atoms with van der Waals surface area (Å²) >= 11 is 1.50. The molecule has 152 valence electrons. The quantitative estimate of drug-likeness (QED) is 0.472. The zero-order valence-electron chi connectivity index (χ0n) is 15.7. The molecule has 0 radical (unpaired) electrons. The van der Waals surface area contributed by atoms with E-state index >= 15 is 0 Å². The van der Waals surface area contributed by atoms with E-state index in [1.165, 1.54) is 11.3 Å². The predicted molar refractivity (Wildman–Crippen MR) is 113 cm³/mol. The minimum atomic E-state index is -4.32. The van der Waals surface area contributed by atoms with E-state index in [-0.39, 0.29) is 17.6 Å². The Labute approximate surface area is 173 Å². The molecule has 1 aromatic heterocycles. The fraction of sp³-hybridized carbons (Fsp3) is 0.200. The first-order valence-electron chi connectivity index (χ1n) is 8.98. The van der Waals surface area contributed by atoms with Crippen LogP contribution in [0.25, 0.3) is 0 Å².